The smallest absolute Gasteiger partial charge is 0.131 e. The molecule has 0 aliphatic carbocycles. The average Bonchev–Trinajstić information content (AvgIpc) is 2.51. The number of nitrogens with zero attached hydrogens (tertiary/aromatic N) is 1. The van der Waals surface area contributed by atoms with Crippen LogP contribution in [0.4, 0.5) is 10.7 Å². The number of thioether (sulfide) groups is 1. The summed E-state index contributed by atoms with van der Waals surface area (Å²) in [6.45, 7) is 5.19. The Labute approximate surface area is 98.7 Å². The average molecular weight is 241 g/mol. The molecular weight excluding hydrogens is 226 g/mol. The van der Waals surface area contributed by atoms with Crippen molar-refractivity contribution in [1.82, 2.24) is 0 Å². The van der Waals surface area contributed by atoms with E-state index in [4.69, 9.17) is 11.0 Å². The molecule has 0 saturated carbocycles. The second-order valence-electron chi connectivity index (χ2n) is 3.59. The molecular formula is C10H15N3S2. The molecule has 0 unspecified atom stereocenters. The van der Waals surface area contributed by atoms with Gasteiger partial charge in [-0.05, 0) is 12.2 Å². The van der Waals surface area contributed by atoms with Crippen LogP contribution < -0.4 is 11.1 Å². The first-order valence-electron chi connectivity index (χ1n) is 4.70. The van der Waals surface area contributed by atoms with Gasteiger partial charge in [-0.25, -0.2) is 0 Å². The van der Waals surface area contributed by atoms with E-state index in [0.717, 1.165) is 16.4 Å². The van der Waals surface area contributed by atoms with Crippen molar-refractivity contribution in [2.75, 3.05) is 23.9 Å². The van der Waals surface area contributed by atoms with Gasteiger partial charge in [-0.1, -0.05) is 13.8 Å². The van der Waals surface area contributed by atoms with Crippen LogP contribution in [0.15, 0.2) is 4.90 Å². The molecule has 0 aliphatic heterocycles. The first kappa shape index (κ1) is 12.2. The van der Waals surface area contributed by atoms with E-state index < -0.39 is 0 Å². The largest absolute Gasteiger partial charge is 0.396 e. The highest BCUT2D eigenvalue weighted by molar-refractivity contribution is 7.99. The maximum Gasteiger partial charge on any atom is 0.131 e. The zero-order chi connectivity index (χ0) is 11.4. The van der Waals surface area contributed by atoms with Crippen molar-refractivity contribution in [3.05, 3.63) is 4.88 Å². The van der Waals surface area contributed by atoms with E-state index in [-0.39, 0.29) is 0 Å². The quantitative estimate of drug-likeness (QED) is 0.795. The molecule has 1 rings (SSSR count). The summed E-state index contributed by atoms with van der Waals surface area (Å²) < 4.78 is 0. The molecule has 0 bridgehead atoms. The summed E-state index contributed by atoms with van der Waals surface area (Å²) in [5.41, 5.74) is 6.47. The van der Waals surface area contributed by atoms with E-state index in [0.29, 0.717) is 16.5 Å². The molecule has 3 nitrogen and oxygen atoms in total. The minimum Gasteiger partial charge on any atom is -0.396 e. The zero-order valence-corrected chi connectivity index (χ0v) is 10.8. The summed E-state index contributed by atoms with van der Waals surface area (Å²) >= 11 is 3.02. The van der Waals surface area contributed by atoms with E-state index in [1.54, 1.807) is 11.8 Å². The van der Waals surface area contributed by atoms with Gasteiger partial charge in [0.2, 0.25) is 0 Å². The minimum absolute atomic E-state index is 0.577. The molecule has 15 heavy (non-hydrogen) atoms. The van der Waals surface area contributed by atoms with Crippen LogP contribution in [-0.2, 0) is 0 Å². The number of hydrogen-bond acceptors (Lipinski definition) is 5. The Morgan fingerprint density at radius 3 is 2.73 bits per heavy atom. The first-order valence-corrected chi connectivity index (χ1v) is 6.74. The molecule has 0 atom stereocenters. The number of thiophene rings is 1. The molecule has 0 saturated heterocycles. The molecule has 1 heterocycles. The van der Waals surface area contributed by atoms with Crippen molar-refractivity contribution < 1.29 is 0 Å². The molecule has 3 N–H and O–H groups in total. The third-order valence-corrected chi connectivity index (χ3v) is 3.91. The Kier molecular flexibility index (Phi) is 4.30. The van der Waals surface area contributed by atoms with E-state index in [1.807, 2.05) is 6.26 Å². The van der Waals surface area contributed by atoms with E-state index in [1.165, 1.54) is 11.3 Å². The molecule has 82 valence electrons. The van der Waals surface area contributed by atoms with Crippen molar-refractivity contribution >= 4 is 33.8 Å². The van der Waals surface area contributed by atoms with Gasteiger partial charge in [0.1, 0.15) is 15.9 Å². The lowest BCUT2D eigenvalue weighted by molar-refractivity contribution is 0.689. The highest BCUT2D eigenvalue weighted by atomic mass is 32.2. The Balaban J connectivity index is 2.92. The van der Waals surface area contributed by atoms with Gasteiger partial charge < -0.3 is 11.1 Å². The van der Waals surface area contributed by atoms with Crippen LogP contribution in [0.5, 0.6) is 0 Å². The first-order chi connectivity index (χ1) is 7.10. The SMILES string of the molecule is CSc1c(NCC(C)C)sc(C#N)c1N. The third-order valence-electron chi connectivity index (χ3n) is 1.88. The number of nitrogens with one attached hydrogen (secondary N) is 1. The number of nitrogen functional groups attached to an aromatic ring is 1. The van der Waals surface area contributed by atoms with Gasteiger partial charge in [0.15, 0.2) is 0 Å². The topological polar surface area (TPSA) is 61.8 Å². The van der Waals surface area contributed by atoms with Gasteiger partial charge in [0.25, 0.3) is 0 Å². The molecule has 0 aromatic carbocycles. The van der Waals surface area contributed by atoms with E-state index in [2.05, 4.69) is 25.2 Å². The summed E-state index contributed by atoms with van der Waals surface area (Å²) in [5, 5.41) is 13.2. The standard InChI is InChI=1S/C10H15N3S2/c1-6(2)5-13-10-9(14-3)8(12)7(4-11)15-10/h6,13H,5,12H2,1-3H3. The van der Waals surface area contributed by atoms with Crippen LogP contribution in [-0.4, -0.2) is 12.8 Å². The Morgan fingerprint density at radius 1 is 1.60 bits per heavy atom. The fourth-order valence-corrected chi connectivity index (χ4v) is 2.97. The predicted octanol–water partition coefficient (Wildman–Crippen LogP) is 2.99. The molecule has 0 spiro atoms. The lowest BCUT2D eigenvalue weighted by Crippen LogP contribution is -2.07. The number of anilines is 2. The summed E-state index contributed by atoms with van der Waals surface area (Å²) in [4.78, 5) is 1.60. The summed E-state index contributed by atoms with van der Waals surface area (Å²) in [7, 11) is 0. The molecule has 1 aromatic rings. The third kappa shape index (κ3) is 2.80. The van der Waals surface area contributed by atoms with Crippen molar-refractivity contribution in [1.29, 1.82) is 5.26 Å². The molecule has 0 amide bonds. The van der Waals surface area contributed by atoms with Gasteiger partial charge in [-0.3, -0.25) is 0 Å². The summed E-state index contributed by atoms with van der Waals surface area (Å²) in [6.07, 6.45) is 1.97. The summed E-state index contributed by atoms with van der Waals surface area (Å²) in [5.74, 6) is 0.577. The van der Waals surface area contributed by atoms with Crippen molar-refractivity contribution in [3.8, 4) is 6.07 Å². The van der Waals surface area contributed by atoms with Crippen molar-refractivity contribution in [3.63, 3.8) is 0 Å². The van der Waals surface area contributed by atoms with Gasteiger partial charge >= 0.3 is 0 Å². The van der Waals surface area contributed by atoms with Crippen molar-refractivity contribution in [2.24, 2.45) is 5.92 Å². The highest BCUT2D eigenvalue weighted by Gasteiger charge is 2.14. The van der Waals surface area contributed by atoms with Crippen LogP contribution in [0.1, 0.15) is 18.7 Å². The minimum atomic E-state index is 0.577. The molecule has 0 aliphatic rings. The van der Waals surface area contributed by atoms with Crippen LogP contribution >= 0.6 is 23.1 Å². The van der Waals surface area contributed by atoms with E-state index in [9.17, 15) is 0 Å². The lowest BCUT2D eigenvalue weighted by atomic mass is 10.2. The fraction of sp³-hybridized carbons (Fsp3) is 0.500. The van der Waals surface area contributed by atoms with Gasteiger partial charge in [0, 0.05) is 6.54 Å². The van der Waals surface area contributed by atoms with Gasteiger partial charge in [-0.2, -0.15) is 5.26 Å². The second-order valence-corrected chi connectivity index (χ2v) is 5.43. The molecule has 1 aromatic heterocycles. The van der Waals surface area contributed by atoms with E-state index >= 15 is 0 Å². The summed E-state index contributed by atoms with van der Waals surface area (Å²) in [6, 6.07) is 2.12. The van der Waals surface area contributed by atoms with Gasteiger partial charge in [-0.15, -0.1) is 23.1 Å². The number of rotatable bonds is 4. The monoisotopic (exact) mass is 241 g/mol. The Hall–Kier alpha value is -0.860. The Bertz CT molecular complexity index is 377. The number of nitrogens with two attached hydrogens (primary N) is 1. The highest BCUT2D eigenvalue weighted by Crippen LogP contribution is 2.41. The number of hydrogen-bond donors (Lipinski definition) is 2. The normalized spacial score (nSPS) is 10.3. The number of nitriles is 1. The fourth-order valence-electron chi connectivity index (χ4n) is 1.13. The maximum absolute atomic E-state index is 8.87. The van der Waals surface area contributed by atoms with Crippen LogP contribution in [0, 0.1) is 17.2 Å². The maximum atomic E-state index is 8.87. The lowest BCUT2D eigenvalue weighted by Gasteiger charge is -2.08. The van der Waals surface area contributed by atoms with Crippen molar-refractivity contribution in [2.45, 2.75) is 18.7 Å². The predicted molar refractivity (Wildman–Crippen MR) is 68.6 cm³/mol. The van der Waals surface area contributed by atoms with Crippen LogP contribution in [0.25, 0.3) is 0 Å². The molecule has 0 radical (unpaired) electrons. The zero-order valence-electron chi connectivity index (χ0n) is 9.13. The van der Waals surface area contributed by atoms with Crippen LogP contribution in [0.2, 0.25) is 0 Å². The Morgan fingerprint density at radius 2 is 2.27 bits per heavy atom. The van der Waals surface area contributed by atoms with Crippen LogP contribution in [0.3, 0.4) is 0 Å². The molecule has 5 heteroatoms. The van der Waals surface area contributed by atoms with Gasteiger partial charge in [0.05, 0.1) is 10.6 Å². The molecule has 0 fully saturated rings. The second kappa shape index (κ2) is 5.29.